The summed E-state index contributed by atoms with van der Waals surface area (Å²) >= 11 is 6.43. The van der Waals surface area contributed by atoms with Gasteiger partial charge in [0, 0.05) is 11.4 Å². The highest BCUT2D eigenvalue weighted by Crippen LogP contribution is 2.29. The highest BCUT2D eigenvalue weighted by atomic mass is 35.5. The van der Waals surface area contributed by atoms with Crippen molar-refractivity contribution in [2.75, 3.05) is 20.2 Å². The van der Waals surface area contributed by atoms with E-state index in [1.54, 1.807) is 7.11 Å². The second-order valence-corrected chi connectivity index (χ2v) is 7.43. The molecule has 2 aromatic rings. The number of amides is 1. The molecule has 1 aliphatic heterocycles. The molecule has 0 aliphatic carbocycles. The molecule has 0 radical (unpaired) electrons. The predicted octanol–water partition coefficient (Wildman–Crippen LogP) is 4.33. The van der Waals surface area contributed by atoms with Gasteiger partial charge in [0.2, 0.25) is 5.91 Å². The lowest BCUT2D eigenvalue weighted by Gasteiger charge is -2.24. The molecule has 2 N–H and O–H groups in total. The summed E-state index contributed by atoms with van der Waals surface area (Å²) in [5.41, 5.74) is 1.89. The maximum absolute atomic E-state index is 12.7. The van der Waals surface area contributed by atoms with Crippen molar-refractivity contribution in [3.8, 4) is 5.75 Å². The Morgan fingerprint density at radius 3 is 2.56 bits per heavy atom. The van der Waals surface area contributed by atoms with Crippen molar-refractivity contribution in [2.24, 2.45) is 5.92 Å². The van der Waals surface area contributed by atoms with Gasteiger partial charge in [0.05, 0.1) is 13.2 Å². The molecule has 1 atom stereocenters. The standard InChI is InChI=1S/C22H27ClN2O2/c1-27-18-9-7-17(8-10-18)22(19-4-2-3-5-20(19)23)25-21(26)11-6-16-12-14-24-15-13-16/h2-5,7-10,16,22,24H,6,11-15H2,1H3,(H,25,26). The lowest BCUT2D eigenvalue weighted by Crippen LogP contribution is -2.31. The number of halogens is 1. The van der Waals surface area contributed by atoms with Crippen molar-refractivity contribution in [1.82, 2.24) is 10.6 Å². The maximum Gasteiger partial charge on any atom is 0.220 e. The summed E-state index contributed by atoms with van der Waals surface area (Å²) in [6.07, 6.45) is 3.78. The third-order valence-electron chi connectivity index (χ3n) is 5.21. The van der Waals surface area contributed by atoms with Crippen LogP contribution in [-0.2, 0) is 4.79 Å². The number of carbonyl (C=O) groups is 1. The van der Waals surface area contributed by atoms with Crippen LogP contribution < -0.4 is 15.4 Å². The smallest absolute Gasteiger partial charge is 0.220 e. The van der Waals surface area contributed by atoms with E-state index >= 15 is 0 Å². The number of methoxy groups -OCH3 is 1. The number of ether oxygens (including phenoxy) is 1. The third kappa shape index (κ3) is 5.47. The van der Waals surface area contributed by atoms with Crippen molar-refractivity contribution < 1.29 is 9.53 Å². The normalized spacial score (nSPS) is 15.9. The fraction of sp³-hybridized carbons (Fsp3) is 0.409. The zero-order chi connectivity index (χ0) is 19.1. The number of piperidine rings is 1. The Hall–Kier alpha value is -2.04. The van der Waals surface area contributed by atoms with Gasteiger partial charge in [0.15, 0.2) is 0 Å². The average molecular weight is 387 g/mol. The summed E-state index contributed by atoms with van der Waals surface area (Å²) in [7, 11) is 1.64. The predicted molar refractivity (Wildman–Crippen MR) is 109 cm³/mol. The van der Waals surface area contributed by atoms with E-state index in [4.69, 9.17) is 16.3 Å². The summed E-state index contributed by atoms with van der Waals surface area (Å²) in [5.74, 6) is 1.49. The summed E-state index contributed by atoms with van der Waals surface area (Å²) < 4.78 is 5.25. The molecule has 0 spiro atoms. The number of benzene rings is 2. The molecule has 2 aromatic carbocycles. The molecular formula is C22H27ClN2O2. The minimum absolute atomic E-state index is 0.0641. The Kier molecular flexibility index (Phi) is 7.13. The van der Waals surface area contributed by atoms with Crippen LogP contribution >= 0.6 is 11.6 Å². The van der Waals surface area contributed by atoms with Crippen LogP contribution in [0, 0.1) is 5.92 Å². The first-order chi connectivity index (χ1) is 13.2. The topological polar surface area (TPSA) is 50.4 Å². The monoisotopic (exact) mass is 386 g/mol. The van der Waals surface area contributed by atoms with Crippen LogP contribution in [0.4, 0.5) is 0 Å². The largest absolute Gasteiger partial charge is 0.497 e. The third-order valence-corrected chi connectivity index (χ3v) is 5.55. The molecule has 1 amide bonds. The molecule has 1 saturated heterocycles. The fourth-order valence-electron chi connectivity index (χ4n) is 3.58. The summed E-state index contributed by atoms with van der Waals surface area (Å²) in [4.78, 5) is 12.7. The molecule has 1 heterocycles. The van der Waals surface area contributed by atoms with E-state index in [9.17, 15) is 4.79 Å². The van der Waals surface area contributed by atoms with Gasteiger partial charge in [-0.05, 0) is 67.6 Å². The van der Waals surface area contributed by atoms with E-state index in [-0.39, 0.29) is 11.9 Å². The molecular weight excluding hydrogens is 360 g/mol. The molecule has 0 aromatic heterocycles. The number of carbonyl (C=O) groups excluding carboxylic acids is 1. The van der Waals surface area contributed by atoms with Gasteiger partial charge >= 0.3 is 0 Å². The van der Waals surface area contributed by atoms with Crippen LogP contribution in [-0.4, -0.2) is 26.1 Å². The van der Waals surface area contributed by atoms with Crippen molar-refractivity contribution in [3.05, 3.63) is 64.7 Å². The first-order valence-electron chi connectivity index (χ1n) is 9.56. The highest BCUT2D eigenvalue weighted by Gasteiger charge is 2.21. The highest BCUT2D eigenvalue weighted by molar-refractivity contribution is 6.31. The Balaban J connectivity index is 1.73. The number of nitrogens with one attached hydrogen (secondary N) is 2. The second kappa shape index (κ2) is 9.77. The van der Waals surface area contributed by atoms with Gasteiger partial charge in [-0.1, -0.05) is 41.9 Å². The minimum Gasteiger partial charge on any atom is -0.497 e. The summed E-state index contributed by atoms with van der Waals surface area (Å²) in [5, 5.41) is 7.21. The van der Waals surface area contributed by atoms with Crippen molar-refractivity contribution in [1.29, 1.82) is 0 Å². The Bertz CT molecular complexity index is 742. The maximum atomic E-state index is 12.7. The van der Waals surface area contributed by atoms with Crippen LogP contribution in [0.1, 0.15) is 42.9 Å². The first kappa shape index (κ1) is 19.7. The quantitative estimate of drug-likeness (QED) is 0.744. The summed E-state index contributed by atoms with van der Waals surface area (Å²) in [6, 6.07) is 15.1. The van der Waals surface area contributed by atoms with Gasteiger partial charge in [-0.15, -0.1) is 0 Å². The van der Waals surface area contributed by atoms with E-state index in [1.807, 2.05) is 48.5 Å². The van der Waals surface area contributed by atoms with Crippen molar-refractivity contribution >= 4 is 17.5 Å². The second-order valence-electron chi connectivity index (χ2n) is 7.03. The Morgan fingerprint density at radius 1 is 1.19 bits per heavy atom. The molecule has 5 heteroatoms. The van der Waals surface area contributed by atoms with E-state index in [2.05, 4.69) is 10.6 Å². The van der Waals surface area contributed by atoms with E-state index in [1.165, 1.54) is 0 Å². The van der Waals surface area contributed by atoms with Crippen LogP contribution in [0.5, 0.6) is 5.75 Å². The van der Waals surface area contributed by atoms with E-state index in [0.29, 0.717) is 17.4 Å². The van der Waals surface area contributed by atoms with Crippen LogP contribution in [0.15, 0.2) is 48.5 Å². The summed E-state index contributed by atoms with van der Waals surface area (Å²) in [6.45, 7) is 2.11. The molecule has 1 aliphatic rings. The van der Waals surface area contributed by atoms with Gasteiger partial charge in [-0.2, -0.15) is 0 Å². The van der Waals surface area contributed by atoms with Gasteiger partial charge in [0.25, 0.3) is 0 Å². The van der Waals surface area contributed by atoms with Crippen LogP contribution in [0.25, 0.3) is 0 Å². The zero-order valence-corrected chi connectivity index (χ0v) is 16.5. The zero-order valence-electron chi connectivity index (χ0n) is 15.7. The van der Waals surface area contributed by atoms with Crippen LogP contribution in [0.2, 0.25) is 5.02 Å². The number of hydrogen-bond acceptors (Lipinski definition) is 3. The lowest BCUT2D eigenvalue weighted by atomic mass is 9.92. The van der Waals surface area contributed by atoms with Crippen molar-refractivity contribution in [3.63, 3.8) is 0 Å². The SMILES string of the molecule is COc1ccc(C(NC(=O)CCC2CCNCC2)c2ccccc2Cl)cc1. The average Bonchev–Trinajstić information content (AvgIpc) is 2.72. The van der Waals surface area contributed by atoms with Gasteiger partial charge in [-0.25, -0.2) is 0 Å². The van der Waals surface area contributed by atoms with Gasteiger partial charge in [-0.3, -0.25) is 4.79 Å². The molecule has 1 fully saturated rings. The minimum atomic E-state index is -0.273. The van der Waals surface area contributed by atoms with Gasteiger partial charge in [0.1, 0.15) is 5.75 Å². The lowest BCUT2D eigenvalue weighted by molar-refractivity contribution is -0.121. The van der Waals surface area contributed by atoms with Crippen molar-refractivity contribution in [2.45, 2.75) is 31.7 Å². The Morgan fingerprint density at radius 2 is 1.89 bits per heavy atom. The molecule has 1 unspecified atom stereocenters. The Labute approximate surface area is 166 Å². The molecule has 0 saturated carbocycles. The molecule has 3 rings (SSSR count). The number of hydrogen-bond donors (Lipinski definition) is 2. The van der Waals surface area contributed by atoms with Crippen LogP contribution in [0.3, 0.4) is 0 Å². The number of rotatable bonds is 7. The molecule has 27 heavy (non-hydrogen) atoms. The van der Waals surface area contributed by atoms with E-state index in [0.717, 1.165) is 49.2 Å². The van der Waals surface area contributed by atoms with E-state index < -0.39 is 0 Å². The van der Waals surface area contributed by atoms with Gasteiger partial charge < -0.3 is 15.4 Å². The first-order valence-corrected chi connectivity index (χ1v) is 9.93. The fourth-order valence-corrected chi connectivity index (χ4v) is 3.83. The molecule has 0 bridgehead atoms. The molecule has 4 nitrogen and oxygen atoms in total. The molecule has 144 valence electrons.